The van der Waals surface area contributed by atoms with Crippen LogP contribution in [-0.4, -0.2) is 29.1 Å². The van der Waals surface area contributed by atoms with Gasteiger partial charge in [-0.1, -0.05) is 6.92 Å². The van der Waals surface area contributed by atoms with Gasteiger partial charge in [0.05, 0.1) is 0 Å². The van der Waals surface area contributed by atoms with E-state index in [9.17, 15) is 0 Å². The zero-order valence-electron chi connectivity index (χ0n) is 11.3. The maximum Gasteiger partial charge on any atom is 0.225 e. The van der Waals surface area contributed by atoms with E-state index < -0.39 is 0 Å². The lowest BCUT2D eigenvalue weighted by molar-refractivity contribution is 0.657. The molecule has 0 bridgehead atoms. The van der Waals surface area contributed by atoms with Gasteiger partial charge in [-0.2, -0.15) is 0 Å². The van der Waals surface area contributed by atoms with E-state index in [-0.39, 0.29) is 0 Å². The third kappa shape index (κ3) is 2.64. The van der Waals surface area contributed by atoms with Crippen LogP contribution in [0.15, 0.2) is 6.20 Å². The van der Waals surface area contributed by atoms with Crippen molar-refractivity contribution in [2.45, 2.75) is 45.7 Å². The third-order valence-electron chi connectivity index (χ3n) is 3.93. The lowest BCUT2D eigenvalue weighted by Crippen LogP contribution is -2.23. The Labute approximate surface area is 109 Å². The van der Waals surface area contributed by atoms with E-state index in [1.165, 1.54) is 24.8 Å². The lowest BCUT2D eigenvalue weighted by Gasteiger charge is -2.17. The summed E-state index contributed by atoms with van der Waals surface area (Å²) in [6.45, 7) is 7.49. The Morgan fingerprint density at radius 2 is 2.22 bits per heavy atom. The summed E-state index contributed by atoms with van der Waals surface area (Å²) in [7, 11) is 0. The van der Waals surface area contributed by atoms with Crippen molar-refractivity contribution < 1.29 is 0 Å². The molecule has 3 rings (SSSR count). The minimum absolute atomic E-state index is 0.739. The lowest BCUT2D eigenvalue weighted by atomic mass is 10.2. The molecule has 1 N–H and O–H groups in total. The molecule has 98 valence electrons. The van der Waals surface area contributed by atoms with Gasteiger partial charge in [0.15, 0.2) is 0 Å². The van der Waals surface area contributed by atoms with Crippen LogP contribution in [-0.2, 0) is 6.54 Å². The standard InChI is InChI=1S/C14H22N4/c1-10-5-6-18(9-10)14-16-8-12(11(2)17-14)7-15-13-3-4-13/h8,10,13,15H,3-7,9H2,1-2H3. The molecule has 2 aliphatic rings. The highest BCUT2D eigenvalue weighted by Gasteiger charge is 2.22. The van der Waals surface area contributed by atoms with Crippen molar-refractivity contribution in [1.29, 1.82) is 0 Å². The number of nitrogens with one attached hydrogen (secondary N) is 1. The van der Waals surface area contributed by atoms with Gasteiger partial charge in [-0.15, -0.1) is 0 Å². The average Bonchev–Trinajstić information content (AvgIpc) is 3.08. The van der Waals surface area contributed by atoms with Gasteiger partial charge >= 0.3 is 0 Å². The minimum atomic E-state index is 0.739. The van der Waals surface area contributed by atoms with Crippen molar-refractivity contribution in [3.63, 3.8) is 0 Å². The summed E-state index contributed by atoms with van der Waals surface area (Å²) < 4.78 is 0. The maximum absolute atomic E-state index is 4.66. The van der Waals surface area contributed by atoms with Gasteiger partial charge in [-0.05, 0) is 32.1 Å². The first kappa shape index (κ1) is 11.9. The van der Waals surface area contributed by atoms with Crippen LogP contribution in [0, 0.1) is 12.8 Å². The van der Waals surface area contributed by atoms with Crippen LogP contribution in [0.3, 0.4) is 0 Å². The number of hydrogen-bond acceptors (Lipinski definition) is 4. The van der Waals surface area contributed by atoms with Gasteiger partial charge in [0.25, 0.3) is 0 Å². The second-order valence-corrected chi connectivity index (χ2v) is 5.78. The Morgan fingerprint density at radius 1 is 1.39 bits per heavy atom. The Morgan fingerprint density at radius 3 is 2.83 bits per heavy atom. The zero-order chi connectivity index (χ0) is 12.5. The summed E-state index contributed by atoms with van der Waals surface area (Å²) in [6, 6.07) is 0.739. The molecule has 1 aliphatic carbocycles. The molecule has 1 aromatic heterocycles. The molecule has 4 heteroatoms. The molecule has 0 amide bonds. The largest absolute Gasteiger partial charge is 0.341 e. The molecule has 4 nitrogen and oxygen atoms in total. The molecule has 0 radical (unpaired) electrons. The SMILES string of the molecule is Cc1nc(N2CCC(C)C2)ncc1CNC1CC1. The highest BCUT2D eigenvalue weighted by molar-refractivity contribution is 5.34. The fourth-order valence-corrected chi connectivity index (χ4v) is 2.46. The number of hydrogen-bond donors (Lipinski definition) is 1. The van der Waals surface area contributed by atoms with Crippen molar-refractivity contribution in [3.05, 3.63) is 17.5 Å². The quantitative estimate of drug-likeness (QED) is 0.880. The fourth-order valence-electron chi connectivity index (χ4n) is 2.46. The van der Waals surface area contributed by atoms with Gasteiger partial charge in [0.1, 0.15) is 0 Å². The van der Waals surface area contributed by atoms with Gasteiger partial charge in [-0.25, -0.2) is 9.97 Å². The number of rotatable bonds is 4. The molecule has 18 heavy (non-hydrogen) atoms. The van der Waals surface area contributed by atoms with Crippen LogP contribution in [0.5, 0.6) is 0 Å². The molecule has 1 aliphatic heterocycles. The van der Waals surface area contributed by atoms with Gasteiger partial charge in [0, 0.05) is 43.1 Å². The number of nitrogens with zero attached hydrogens (tertiary/aromatic N) is 3. The molecular formula is C14H22N4. The Hall–Kier alpha value is -1.16. The Bertz CT molecular complexity index is 428. The second kappa shape index (κ2) is 4.84. The summed E-state index contributed by atoms with van der Waals surface area (Å²) in [5.74, 6) is 1.68. The van der Waals surface area contributed by atoms with E-state index in [2.05, 4.69) is 34.0 Å². The first-order chi connectivity index (χ1) is 8.72. The Kier molecular flexibility index (Phi) is 3.20. The summed E-state index contributed by atoms with van der Waals surface area (Å²) >= 11 is 0. The molecule has 0 aromatic carbocycles. The van der Waals surface area contributed by atoms with Crippen molar-refractivity contribution in [2.75, 3.05) is 18.0 Å². The Balaban J connectivity index is 1.67. The number of aryl methyl sites for hydroxylation is 1. The fraction of sp³-hybridized carbons (Fsp3) is 0.714. The molecule has 1 saturated heterocycles. The van der Waals surface area contributed by atoms with Crippen LogP contribution in [0.1, 0.15) is 37.4 Å². The average molecular weight is 246 g/mol. The van der Waals surface area contributed by atoms with Gasteiger partial charge < -0.3 is 10.2 Å². The first-order valence-corrected chi connectivity index (χ1v) is 7.03. The van der Waals surface area contributed by atoms with Crippen LogP contribution in [0.2, 0.25) is 0 Å². The molecule has 2 fully saturated rings. The van der Waals surface area contributed by atoms with E-state index in [0.29, 0.717) is 0 Å². The van der Waals surface area contributed by atoms with Gasteiger partial charge in [-0.3, -0.25) is 0 Å². The molecule has 1 atom stereocenters. The minimum Gasteiger partial charge on any atom is -0.341 e. The topological polar surface area (TPSA) is 41.1 Å². The predicted octanol–water partition coefficient (Wildman–Crippen LogP) is 1.88. The molecular weight excluding hydrogens is 224 g/mol. The predicted molar refractivity (Wildman–Crippen MR) is 72.6 cm³/mol. The van der Waals surface area contributed by atoms with E-state index in [1.54, 1.807) is 0 Å². The number of anilines is 1. The van der Waals surface area contributed by atoms with Crippen molar-refractivity contribution >= 4 is 5.95 Å². The van der Waals surface area contributed by atoms with E-state index >= 15 is 0 Å². The summed E-state index contributed by atoms with van der Waals surface area (Å²) in [6.07, 6.45) is 5.90. The van der Waals surface area contributed by atoms with Crippen LogP contribution in [0.4, 0.5) is 5.95 Å². The monoisotopic (exact) mass is 246 g/mol. The van der Waals surface area contributed by atoms with Crippen molar-refractivity contribution in [3.8, 4) is 0 Å². The highest BCUT2D eigenvalue weighted by Crippen LogP contribution is 2.22. The summed E-state index contributed by atoms with van der Waals surface area (Å²) in [4.78, 5) is 11.5. The molecule has 1 aromatic rings. The third-order valence-corrected chi connectivity index (χ3v) is 3.93. The van der Waals surface area contributed by atoms with Crippen molar-refractivity contribution in [1.82, 2.24) is 15.3 Å². The highest BCUT2D eigenvalue weighted by atomic mass is 15.3. The van der Waals surface area contributed by atoms with E-state index in [4.69, 9.17) is 0 Å². The second-order valence-electron chi connectivity index (χ2n) is 5.78. The van der Waals surface area contributed by atoms with Crippen LogP contribution < -0.4 is 10.2 Å². The zero-order valence-corrected chi connectivity index (χ0v) is 11.3. The van der Waals surface area contributed by atoms with Crippen LogP contribution in [0.25, 0.3) is 0 Å². The smallest absolute Gasteiger partial charge is 0.225 e. The number of aromatic nitrogens is 2. The first-order valence-electron chi connectivity index (χ1n) is 7.03. The normalized spacial score (nSPS) is 23.7. The van der Waals surface area contributed by atoms with Crippen LogP contribution >= 0.6 is 0 Å². The molecule has 1 saturated carbocycles. The van der Waals surface area contributed by atoms with Crippen molar-refractivity contribution in [2.24, 2.45) is 5.92 Å². The summed E-state index contributed by atoms with van der Waals surface area (Å²) in [5, 5.41) is 3.52. The van der Waals surface area contributed by atoms with E-state index in [1.807, 2.05) is 6.20 Å². The summed E-state index contributed by atoms with van der Waals surface area (Å²) in [5.41, 5.74) is 2.35. The van der Waals surface area contributed by atoms with Gasteiger partial charge in [0.2, 0.25) is 5.95 Å². The molecule has 0 spiro atoms. The van der Waals surface area contributed by atoms with E-state index in [0.717, 1.165) is 43.2 Å². The maximum atomic E-state index is 4.66. The molecule has 1 unspecified atom stereocenters. The molecule has 2 heterocycles.